The summed E-state index contributed by atoms with van der Waals surface area (Å²) < 4.78 is 39.3. The van der Waals surface area contributed by atoms with Crippen LogP contribution in [0.5, 0.6) is 0 Å². The number of hydrogen-bond donors (Lipinski definition) is 2. The van der Waals surface area contributed by atoms with Gasteiger partial charge in [-0.25, -0.2) is 4.98 Å². The number of carbonyl (C=O) groups excluding carboxylic acids is 1. The maximum absolute atomic E-state index is 11.7. The molecule has 94 valence electrons. The van der Waals surface area contributed by atoms with Gasteiger partial charge in [-0.3, -0.25) is 4.79 Å². The molecular weight excluding hydrogens is 239 g/mol. The minimum absolute atomic E-state index is 0.0908. The van der Waals surface area contributed by atoms with Gasteiger partial charge in [-0.15, -0.1) is 0 Å². The largest absolute Gasteiger partial charge is 0.411 e. The Labute approximate surface area is 94.8 Å². The van der Waals surface area contributed by atoms with Gasteiger partial charge in [0.1, 0.15) is 13.2 Å². The summed E-state index contributed by atoms with van der Waals surface area (Å²) in [5, 5.41) is 2.23. The van der Waals surface area contributed by atoms with Crippen LogP contribution in [0.15, 0.2) is 18.3 Å². The van der Waals surface area contributed by atoms with Crippen LogP contribution in [0, 0.1) is 0 Å². The van der Waals surface area contributed by atoms with E-state index >= 15 is 0 Å². The van der Waals surface area contributed by atoms with Crippen molar-refractivity contribution in [3.8, 4) is 0 Å². The van der Waals surface area contributed by atoms with Crippen LogP contribution in [0.4, 0.5) is 24.7 Å². The smallest absolute Gasteiger partial charge is 0.396 e. The van der Waals surface area contributed by atoms with Crippen LogP contribution in [0.2, 0.25) is 0 Å². The molecule has 0 saturated carbocycles. The van der Waals surface area contributed by atoms with E-state index in [-0.39, 0.29) is 11.5 Å². The van der Waals surface area contributed by atoms with Crippen molar-refractivity contribution in [2.75, 3.05) is 24.3 Å². The Kier molecular flexibility index (Phi) is 4.27. The van der Waals surface area contributed by atoms with Crippen molar-refractivity contribution in [1.29, 1.82) is 0 Å². The molecule has 0 aliphatic carbocycles. The van der Waals surface area contributed by atoms with E-state index in [9.17, 15) is 18.0 Å². The highest BCUT2D eigenvalue weighted by Gasteiger charge is 2.27. The predicted octanol–water partition coefficient (Wildman–Crippen LogP) is 1.18. The lowest BCUT2D eigenvalue weighted by molar-refractivity contribution is -0.174. The molecule has 0 fully saturated rings. The van der Waals surface area contributed by atoms with Gasteiger partial charge in [0.25, 0.3) is 5.91 Å². The van der Waals surface area contributed by atoms with Crippen molar-refractivity contribution in [2.45, 2.75) is 6.18 Å². The monoisotopic (exact) mass is 249 g/mol. The van der Waals surface area contributed by atoms with Gasteiger partial charge in [0.15, 0.2) is 5.82 Å². The van der Waals surface area contributed by atoms with E-state index in [4.69, 9.17) is 5.73 Å². The van der Waals surface area contributed by atoms with Gasteiger partial charge in [0.05, 0.1) is 5.69 Å². The van der Waals surface area contributed by atoms with Gasteiger partial charge in [0.2, 0.25) is 0 Å². The van der Waals surface area contributed by atoms with Crippen LogP contribution < -0.4 is 11.1 Å². The summed E-state index contributed by atoms with van der Waals surface area (Å²) in [4.78, 5) is 14.9. The average molecular weight is 249 g/mol. The Balaban J connectivity index is 2.38. The fourth-order valence-electron chi connectivity index (χ4n) is 0.950. The summed E-state index contributed by atoms with van der Waals surface area (Å²) in [6, 6.07) is 3.06. The summed E-state index contributed by atoms with van der Waals surface area (Å²) in [5.74, 6) is -0.659. The number of nitrogen functional groups attached to an aromatic ring is 1. The second-order valence-electron chi connectivity index (χ2n) is 3.10. The zero-order chi connectivity index (χ0) is 12.9. The number of aromatic nitrogens is 1. The lowest BCUT2D eigenvalue weighted by Crippen LogP contribution is -2.24. The molecule has 8 heteroatoms. The number of nitrogens with zero attached hydrogens (tertiary/aromatic N) is 1. The number of ether oxygens (including phenoxy) is 1. The summed E-state index contributed by atoms with van der Waals surface area (Å²) in [6.45, 7) is -2.19. The van der Waals surface area contributed by atoms with Crippen molar-refractivity contribution in [2.24, 2.45) is 0 Å². The Bertz CT molecular complexity index is 395. The second kappa shape index (κ2) is 5.48. The first-order valence-corrected chi connectivity index (χ1v) is 4.53. The molecule has 0 radical (unpaired) electrons. The molecule has 5 nitrogen and oxygen atoms in total. The molecule has 0 saturated heterocycles. The Morgan fingerprint density at radius 3 is 2.82 bits per heavy atom. The third kappa shape index (κ3) is 5.16. The molecule has 1 rings (SSSR count). The fraction of sp³-hybridized carbons (Fsp3) is 0.333. The van der Waals surface area contributed by atoms with Crippen LogP contribution in [0.1, 0.15) is 0 Å². The first-order valence-electron chi connectivity index (χ1n) is 4.53. The SMILES string of the molecule is Nc1cccnc1NC(=O)COCC(F)(F)F. The standard InChI is InChI=1S/C9H10F3N3O2/c10-9(11,12)5-17-4-7(16)15-8-6(13)2-1-3-14-8/h1-3H,4-5,13H2,(H,14,15,16). The van der Waals surface area contributed by atoms with Gasteiger partial charge in [0, 0.05) is 6.20 Å². The number of carbonyl (C=O) groups is 1. The van der Waals surface area contributed by atoms with Crippen molar-refractivity contribution in [3.05, 3.63) is 18.3 Å². The van der Waals surface area contributed by atoms with Gasteiger partial charge in [-0.2, -0.15) is 13.2 Å². The van der Waals surface area contributed by atoms with Crippen LogP contribution in [-0.4, -0.2) is 30.3 Å². The molecule has 0 aromatic carbocycles. The third-order valence-corrected chi connectivity index (χ3v) is 1.60. The van der Waals surface area contributed by atoms with Crippen LogP contribution in [0.3, 0.4) is 0 Å². The molecule has 1 heterocycles. The van der Waals surface area contributed by atoms with Gasteiger partial charge < -0.3 is 15.8 Å². The number of pyridine rings is 1. The number of nitrogens with one attached hydrogen (secondary N) is 1. The zero-order valence-electron chi connectivity index (χ0n) is 8.62. The molecule has 0 bridgehead atoms. The molecule has 0 atom stereocenters. The first kappa shape index (κ1) is 13.2. The van der Waals surface area contributed by atoms with Crippen molar-refractivity contribution >= 4 is 17.4 Å². The lowest BCUT2D eigenvalue weighted by atomic mass is 10.4. The third-order valence-electron chi connectivity index (χ3n) is 1.60. The van der Waals surface area contributed by atoms with E-state index in [0.717, 1.165) is 0 Å². The minimum Gasteiger partial charge on any atom is -0.396 e. The van der Waals surface area contributed by atoms with Crippen LogP contribution in [0.25, 0.3) is 0 Å². The van der Waals surface area contributed by atoms with Crippen molar-refractivity contribution < 1.29 is 22.7 Å². The Morgan fingerprint density at radius 2 is 2.24 bits per heavy atom. The first-order chi connectivity index (χ1) is 7.88. The van der Waals surface area contributed by atoms with E-state index in [1.807, 2.05) is 0 Å². The number of alkyl halides is 3. The van der Waals surface area contributed by atoms with E-state index in [0.29, 0.717) is 0 Å². The number of anilines is 2. The molecule has 0 aliphatic rings. The molecule has 1 amide bonds. The van der Waals surface area contributed by atoms with E-state index in [1.54, 1.807) is 6.07 Å². The molecule has 0 aliphatic heterocycles. The fourth-order valence-corrected chi connectivity index (χ4v) is 0.950. The molecule has 0 unspecified atom stereocenters. The normalized spacial score (nSPS) is 11.2. The summed E-state index contributed by atoms with van der Waals surface area (Å²) in [5.41, 5.74) is 5.69. The van der Waals surface area contributed by atoms with Gasteiger partial charge in [-0.1, -0.05) is 0 Å². The number of amides is 1. The van der Waals surface area contributed by atoms with E-state index in [2.05, 4.69) is 15.0 Å². The summed E-state index contributed by atoms with van der Waals surface area (Å²) >= 11 is 0. The highest BCUT2D eigenvalue weighted by atomic mass is 19.4. The Hall–Kier alpha value is -1.83. The second-order valence-corrected chi connectivity index (χ2v) is 3.10. The molecule has 1 aromatic rings. The van der Waals surface area contributed by atoms with Crippen LogP contribution in [-0.2, 0) is 9.53 Å². The Morgan fingerprint density at radius 1 is 1.53 bits per heavy atom. The quantitative estimate of drug-likeness (QED) is 0.840. The van der Waals surface area contributed by atoms with Gasteiger partial charge in [-0.05, 0) is 12.1 Å². The maximum atomic E-state index is 11.7. The summed E-state index contributed by atoms with van der Waals surface area (Å²) in [7, 11) is 0. The van der Waals surface area contributed by atoms with E-state index in [1.165, 1.54) is 12.3 Å². The highest BCUT2D eigenvalue weighted by molar-refractivity contribution is 5.93. The zero-order valence-corrected chi connectivity index (χ0v) is 8.62. The number of halogens is 3. The number of hydrogen-bond acceptors (Lipinski definition) is 4. The molecular formula is C9H10F3N3O2. The maximum Gasteiger partial charge on any atom is 0.411 e. The number of nitrogens with two attached hydrogens (primary N) is 1. The molecule has 0 spiro atoms. The lowest BCUT2D eigenvalue weighted by Gasteiger charge is -2.08. The highest BCUT2D eigenvalue weighted by Crippen LogP contribution is 2.15. The number of rotatable bonds is 4. The molecule has 17 heavy (non-hydrogen) atoms. The molecule has 1 aromatic heterocycles. The minimum atomic E-state index is -4.45. The molecule has 3 N–H and O–H groups in total. The van der Waals surface area contributed by atoms with E-state index < -0.39 is 25.3 Å². The van der Waals surface area contributed by atoms with Crippen molar-refractivity contribution in [1.82, 2.24) is 4.98 Å². The van der Waals surface area contributed by atoms with Crippen molar-refractivity contribution in [3.63, 3.8) is 0 Å². The topological polar surface area (TPSA) is 77.2 Å². The average Bonchev–Trinajstić information content (AvgIpc) is 2.19. The van der Waals surface area contributed by atoms with Crippen LogP contribution >= 0.6 is 0 Å². The van der Waals surface area contributed by atoms with Gasteiger partial charge >= 0.3 is 6.18 Å². The summed E-state index contributed by atoms with van der Waals surface area (Å²) in [6.07, 6.45) is -3.06. The predicted molar refractivity (Wildman–Crippen MR) is 54.2 cm³/mol.